The Bertz CT molecular complexity index is 479. The Morgan fingerprint density at radius 3 is 2.15 bits per heavy atom. The van der Waals surface area contributed by atoms with Gasteiger partial charge in [0.05, 0.1) is 17.4 Å². The topological polar surface area (TPSA) is 91.8 Å². The van der Waals surface area contributed by atoms with E-state index < -0.39 is 15.8 Å². The molecule has 0 aromatic carbocycles. The van der Waals surface area contributed by atoms with E-state index in [-0.39, 0.29) is 35.8 Å². The van der Waals surface area contributed by atoms with Gasteiger partial charge < -0.3 is 10.0 Å². The molecule has 0 radical (unpaired) electrons. The molecule has 20 heavy (non-hydrogen) atoms. The van der Waals surface area contributed by atoms with Crippen LogP contribution < -0.4 is 0 Å². The molecule has 114 valence electrons. The molecular formula is C13H21NO5S. The Balaban J connectivity index is 1.90. The molecule has 0 aromatic heterocycles. The van der Waals surface area contributed by atoms with Gasteiger partial charge in [-0.05, 0) is 32.1 Å². The van der Waals surface area contributed by atoms with Crippen LogP contribution in [0.3, 0.4) is 0 Å². The zero-order valence-corrected chi connectivity index (χ0v) is 12.3. The summed E-state index contributed by atoms with van der Waals surface area (Å²) in [5, 5.41) is 8.94. The number of rotatable bonds is 2. The second-order valence-electron chi connectivity index (χ2n) is 5.72. The van der Waals surface area contributed by atoms with Gasteiger partial charge in [0.1, 0.15) is 0 Å². The Kier molecular flexibility index (Phi) is 4.67. The second kappa shape index (κ2) is 6.11. The van der Waals surface area contributed by atoms with Crippen LogP contribution in [0.15, 0.2) is 0 Å². The van der Waals surface area contributed by atoms with Gasteiger partial charge >= 0.3 is 5.97 Å². The molecule has 1 saturated heterocycles. The number of amides is 1. The number of carbonyl (C=O) groups excluding carboxylic acids is 1. The molecule has 1 N–H and O–H groups in total. The van der Waals surface area contributed by atoms with E-state index in [1.165, 1.54) is 0 Å². The molecule has 2 aliphatic rings. The summed E-state index contributed by atoms with van der Waals surface area (Å²) in [7, 11) is -3.01. The highest BCUT2D eigenvalue weighted by atomic mass is 32.2. The van der Waals surface area contributed by atoms with Crippen molar-refractivity contribution in [3.05, 3.63) is 0 Å². The first-order valence-corrected chi connectivity index (χ1v) is 8.93. The molecular weight excluding hydrogens is 282 g/mol. The number of carboxylic acids is 1. The Labute approximate surface area is 119 Å². The van der Waals surface area contributed by atoms with E-state index in [9.17, 15) is 18.0 Å². The highest BCUT2D eigenvalue weighted by Gasteiger charge is 2.33. The Hall–Kier alpha value is -1.11. The lowest BCUT2D eigenvalue weighted by atomic mass is 9.81. The Morgan fingerprint density at radius 2 is 1.55 bits per heavy atom. The molecule has 1 saturated carbocycles. The molecule has 0 atom stereocenters. The maximum absolute atomic E-state index is 12.4. The average molecular weight is 303 g/mol. The monoisotopic (exact) mass is 303 g/mol. The van der Waals surface area contributed by atoms with Crippen LogP contribution in [0.2, 0.25) is 0 Å². The molecule has 1 heterocycles. The van der Waals surface area contributed by atoms with E-state index in [0.717, 1.165) is 0 Å². The van der Waals surface area contributed by atoms with E-state index >= 15 is 0 Å². The molecule has 2 fully saturated rings. The van der Waals surface area contributed by atoms with Crippen LogP contribution in [-0.2, 0) is 19.4 Å². The van der Waals surface area contributed by atoms with E-state index in [0.29, 0.717) is 38.6 Å². The van der Waals surface area contributed by atoms with E-state index in [2.05, 4.69) is 0 Å². The molecule has 0 spiro atoms. The van der Waals surface area contributed by atoms with Gasteiger partial charge in [-0.2, -0.15) is 0 Å². The van der Waals surface area contributed by atoms with Crippen molar-refractivity contribution in [2.24, 2.45) is 11.8 Å². The lowest BCUT2D eigenvalue weighted by molar-refractivity contribution is -0.145. The largest absolute Gasteiger partial charge is 0.481 e. The van der Waals surface area contributed by atoms with Crippen molar-refractivity contribution < 1.29 is 23.1 Å². The van der Waals surface area contributed by atoms with Crippen molar-refractivity contribution in [3.63, 3.8) is 0 Å². The fourth-order valence-corrected chi connectivity index (χ4v) is 4.28. The molecule has 1 amide bonds. The molecule has 0 aromatic rings. The summed E-state index contributed by atoms with van der Waals surface area (Å²) in [5.74, 6) is -1.04. The fraction of sp³-hybridized carbons (Fsp3) is 0.846. The molecule has 1 aliphatic heterocycles. The van der Waals surface area contributed by atoms with Gasteiger partial charge in [-0.25, -0.2) is 8.42 Å². The number of hydrogen-bond donors (Lipinski definition) is 1. The van der Waals surface area contributed by atoms with E-state index in [4.69, 9.17) is 5.11 Å². The molecule has 0 unspecified atom stereocenters. The van der Waals surface area contributed by atoms with Gasteiger partial charge in [0, 0.05) is 19.0 Å². The first-order valence-electron chi connectivity index (χ1n) is 7.11. The highest BCUT2D eigenvalue weighted by molar-refractivity contribution is 7.91. The van der Waals surface area contributed by atoms with Gasteiger partial charge in [-0.15, -0.1) is 0 Å². The molecule has 0 bridgehead atoms. The first kappa shape index (κ1) is 15.3. The average Bonchev–Trinajstić information content (AvgIpc) is 2.59. The van der Waals surface area contributed by atoms with Crippen molar-refractivity contribution in [1.29, 1.82) is 0 Å². The highest BCUT2D eigenvalue weighted by Crippen LogP contribution is 2.30. The molecule has 1 aliphatic carbocycles. The van der Waals surface area contributed by atoms with Crippen molar-refractivity contribution >= 4 is 21.7 Å². The van der Waals surface area contributed by atoms with Crippen LogP contribution in [0.25, 0.3) is 0 Å². The lowest BCUT2D eigenvalue weighted by Gasteiger charge is -2.30. The van der Waals surface area contributed by atoms with E-state index in [1.807, 2.05) is 0 Å². The summed E-state index contributed by atoms with van der Waals surface area (Å²) in [4.78, 5) is 24.9. The van der Waals surface area contributed by atoms with Crippen LogP contribution in [0.5, 0.6) is 0 Å². The summed E-state index contributed by atoms with van der Waals surface area (Å²) in [5.41, 5.74) is 0. The maximum Gasteiger partial charge on any atom is 0.306 e. The van der Waals surface area contributed by atoms with Crippen LogP contribution in [-0.4, -0.2) is 54.9 Å². The van der Waals surface area contributed by atoms with Crippen molar-refractivity contribution in [3.8, 4) is 0 Å². The van der Waals surface area contributed by atoms with Crippen LogP contribution >= 0.6 is 0 Å². The van der Waals surface area contributed by atoms with Crippen molar-refractivity contribution in [2.45, 2.75) is 32.1 Å². The van der Waals surface area contributed by atoms with Crippen LogP contribution in [0.4, 0.5) is 0 Å². The third-order valence-electron chi connectivity index (χ3n) is 4.29. The number of sulfone groups is 1. The number of hydrogen-bond acceptors (Lipinski definition) is 4. The Morgan fingerprint density at radius 1 is 0.950 bits per heavy atom. The minimum Gasteiger partial charge on any atom is -0.481 e. The predicted octanol–water partition coefficient (Wildman–Crippen LogP) is 0.524. The number of carbonyl (C=O) groups is 2. The zero-order valence-electron chi connectivity index (χ0n) is 11.5. The van der Waals surface area contributed by atoms with Gasteiger partial charge in [-0.1, -0.05) is 0 Å². The van der Waals surface area contributed by atoms with Gasteiger partial charge in [0.25, 0.3) is 0 Å². The van der Waals surface area contributed by atoms with Gasteiger partial charge in [0.2, 0.25) is 5.91 Å². The maximum atomic E-state index is 12.4. The SMILES string of the molecule is O=C(O)C1CCC(C(=O)N2CCCS(=O)(=O)CC2)CC1. The smallest absolute Gasteiger partial charge is 0.306 e. The normalized spacial score (nSPS) is 30.5. The van der Waals surface area contributed by atoms with Gasteiger partial charge in [-0.3, -0.25) is 9.59 Å². The summed E-state index contributed by atoms with van der Waals surface area (Å²) in [6.07, 6.45) is 2.77. The predicted molar refractivity (Wildman–Crippen MR) is 72.9 cm³/mol. The fourth-order valence-electron chi connectivity index (χ4n) is 3.00. The molecule has 6 nitrogen and oxygen atoms in total. The lowest BCUT2D eigenvalue weighted by Crippen LogP contribution is -2.40. The van der Waals surface area contributed by atoms with Gasteiger partial charge in [0.15, 0.2) is 9.84 Å². The summed E-state index contributed by atoms with van der Waals surface area (Å²) in [6.45, 7) is 0.775. The standard InChI is InChI=1S/C13H21NO5S/c15-12(10-2-4-11(5-3-10)13(16)17)14-6-1-8-20(18,19)9-7-14/h10-11H,1-9H2,(H,16,17). The summed E-state index contributed by atoms with van der Waals surface area (Å²) in [6, 6.07) is 0. The van der Waals surface area contributed by atoms with Crippen molar-refractivity contribution in [1.82, 2.24) is 4.90 Å². The second-order valence-corrected chi connectivity index (χ2v) is 8.02. The first-order chi connectivity index (χ1) is 9.39. The minimum absolute atomic E-state index is 0.00550. The molecule has 7 heteroatoms. The number of carboxylic acid groups (broad SMARTS) is 1. The summed E-state index contributed by atoms with van der Waals surface area (Å²) >= 11 is 0. The number of nitrogens with zero attached hydrogens (tertiary/aromatic N) is 1. The van der Waals surface area contributed by atoms with Crippen LogP contribution in [0, 0.1) is 11.8 Å². The minimum atomic E-state index is -3.01. The zero-order chi connectivity index (χ0) is 14.8. The molecule has 2 rings (SSSR count). The van der Waals surface area contributed by atoms with Crippen LogP contribution in [0.1, 0.15) is 32.1 Å². The third-order valence-corrected chi connectivity index (χ3v) is 6.01. The summed E-state index contributed by atoms with van der Waals surface area (Å²) < 4.78 is 23.1. The number of aliphatic carboxylic acids is 1. The third kappa shape index (κ3) is 3.71. The van der Waals surface area contributed by atoms with Crippen molar-refractivity contribution in [2.75, 3.05) is 24.6 Å². The van der Waals surface area contributed by atoms with E-state index in [1.54, 1.807) is 4.90 Å². The quantitative estimate of drug-likeness (QED) is 0.803.